The first-order chi connectivity index (χ1) is 15.9. The number of likely N-dealkylation sites (N-methyl/N-ethyl adjacent to an activating group) is 1. The number of hydrogen-bond acceptors (Lipinski definition) is 6. The van der Waals surface area contributed by atoms with Gasteiger partial charge in [-0.05, 0) is 56.3 Å². The molecule has 0 aliphatic carbocycles. The van der Waals surface area contributed by atoms with Gasteiger partial charge in [-0.15, -0.1) is 13.2 Å². The summed E-state index contributed by atoms with van der Waals surface area (Å²) in [4.78, 5) is 44.7. The summed E-state index contributed by atoms with van der Waals surface area (Å²) in [7, 11) is 0. The first-order valence-electron chi connectivity index (χ1n) is 10.4. The smallest absolute Gasteiger partial charge is 0.404 e. The standard InChI is InChI=1S/C22H24F3N5O4/c1-4-26-12-18(31)28-16-11-15(5-6-17(16)34-22(23,24)25)30-19(32)21(2,3)29(20(30)33)13-14-7-9-27-10-8-14/h5-11,26H,4,12-13H2,1-3H3,(H,28,31). The van der Waals surface area contributed by atoms with Gasteiger partial charge in [0.25, 0.3) is 5.91 Å². The van der Waals surface area contributed by atoms with Crippen molar-refractivity contribution in [2.45, 2.75) is 39.2 Å². The lowest BCUT2D eigenvalue weighted by molar-refractivity contribution is -0.274. The third-order valence-electron chi connectivity index (χ3n) is 5.17. The molecule has 0 saturated carbocycles. The Morgan fingerprint density at radius 1 is 1.15 bits per heavy atom. The molecule has 1 aliphatic rings. The van der Waals surface area contributed by atoms with Gasteiger partial charge in [0.15, 0.2) is 5.75 Å². The second-order valence-corrected chi connectivity index (χ2v) is 7.98. The van der Waals surface area contributed by atoms with Crippen molar-refractivity contribution in [3.63, 3.8) is 0 Å². The Hall–Kier alpha value is -3.67. The Labute approximate surface area is 193 Å². The van der Waals surface area contributed by atoms with Crippen LogP contribution in [0, 0.1) is 0 Å². The number of halogens is 3. The number of imide groups is 1. The fraction of sp³-hybridized carbons (Fsp3) is 0.364. The number of amides is 4. The van der Waals surface area contributed by atoms with Crippen molar-refractivity contribution in [2.75, 3.05) is 23.3 Å². The predicted molar refractivity (Wildman–Crippen MR) is 117 cm³/mol. The van der Waals surface area contributed by atoms with E-state index in [4.69, 9.17) is 0 Å². The summed E-state index contributed by atoms with van der Waals surface area (Å²) in [6, 6.07) is 5.97. The Morgan fingerprint density at radius 2 is 1.82 bits per heavy atom. The molecule has 2 N–H and O–H groups in total. The first-order valence-corrected chi connectivity index (χ1v) is 10.4. The van der Waals surface area contributed by atoms with Crippen molar-refractivity contribution in [1.82, 2.24) is 15.2 Å². The molecule has 9 nitrogen and oxygen atoms in total. The molecule has 1 fully saturated rings. The van der Waals surface area contributed by atoms with E-state index in [1.54, 1.807) is 45.3 Å². The van der Waals surface area contributed by atoms with Crippen molar-refractivity contribution in [3.05, 3.63) is 48.3 Å². The number of alkyl halides is 3. The van der Waals surface area contributed by atoms with Gasteiger partial charge in [0.2, 0.25) is 5.91 Å². The van der Waals surface area contributed by atoms with Crippen LogP contribution in [0.25, 0.3) is 0 Å². The maximum atomic E-state index is 13.2. The van der Waals surface area contributed by atoms with Crippen LogP contribution in [0.3, 0.4) is 0 Å². The molecule has 0 spiro atoms. The van der Waals surface area contributed by atoms with Crippen LogP contribution in [-0.2, 0) is 16.1 Å². The van der Waals surface area contributed by atoms with E-state index in [9.17, 15) is 27.6 Å². The molecule has 3 rings (SSSR count). The number of urea groups is 1. The number of carbonyl (C=O) groups excluding carboxylic acids is 3. The lowest BCUT2D eigenvalue weighted by atomic mass is 10.0. The molecule has 1 aromatic carbocycles. The minimum Gasteiger partial charge on any atom is -0.404 e. The summed E-state index contributed by atoms with van der Waals surface area (Å²) in [5.74, 6) is -1.86. The fourth-order valence-electron chi connectivity index (χ4n) is 3.40. The van der Waals surface area contributed by atoms with Crippen LogP contribution in [0.15, 0.2) is 42.7 Å². The van der Waals surface area contributed by atoms with Gasteiger partial charge in [0.05, 0.1) is 17.9 Å². The first kappa shape index (κ1) is 25.0. The number of rotatable bonds is 8. The predicted octanol–water partition coefficient (Wildman–Crippen LogP) is 3.28. The normalized spacial score (nSPS) is 15.6. The largest absolute Gasteiger partial charge is 0.573 e. The van der Waals surface area contributed by atoms with Gasteiger partial charge in [-0.2, -0.15) is 0 Å². The van der Waals surface area contributed by atoms with Gasteiger partial charge in [-0.25, -0.2) is 9.69 Å². The minimum atomic E-state index is -5.01. The molecule has 1 saturated heterocycles. The minimum absolute atomic E-state index is 0.00595. The van der Waals surface area contributed by atoms with E-state index in [0.717, 1.165) is 28.7 Å². The Balaban J connectivity index is 1.95. The molecule has 0 bridgehead atoms. The van der Waals surface area contributed by atoms with Gasteiger partial charge in [0.1, 0.15) is 5.54 Å². The maximum Gasteiger partial charge on any atom is 0.573 e. The molecular formula is C22H24F3N5O4. The topological polar surface area (TPSA) is 104 Å². The molecule has 0 radical (unpaired) electrons. The highest BCUT2D eigenvalue weighted by molar-refractivity contribution is 6.23. The Bertz CT molecular complexity index is 1080. The molecule has 182 valence electrons. The van der Waals surface area contributed by atoms with Crippen molar-refractivity contribution in [3.8, 4) is 5.75 Å². The van der Waals surface area contributed by atoms with E-state index in [0.29, 0.717) is 6.54 Å². The van der Waals surface area contributed by atoms with Gasteiger partial charge < -0.3 is 20.3 Å². The highest BCUT2D eigenvalue weighted by Gasteiger charge is 2.51. The maximum absolute atomic E-state index is 13.2. The van der Waals surface area contributed by atoms with Gasteiger partial charge >= 0.3 is 12.4 Å². The number of pyridine rings is 1. The average molecular weight is 479 g/mol. The van der Waals surface area contributed by atoms with Crippen LogP contribution in [0.5, 0.6) is 5.75 Å². The van der Waals surface area contributed by atoms with E-state index >= 15 is 0 Å². The van der Waals surface area contributed by atoms with Crippen molar-refractivity contribution < 1.29 is 32.3 Å². The van der Waals surface area contributed by atoms with Crippen molar-refractivity contribution in [2.24, 2.45) is 0 Å². The van der Waals surface area contributed by atoms with Crippen LogP contribution >= 0.6 is 0 Å². The molecule has 0 unspecified atom stereocenters. The van der Waals surface area contributed by atoms with Gasteiger partial charge in [0, 0.05) is 18.9 Å². The number of carbonyl (C=O) groups is 3. The Morgan fingerprint density at radius 3 is 2.44 bits per heavy atom. The van der Waals surface area contributed by atoms with Crippen LogP contribution in [-0.4, -0.2) is 52.7 Å². The number of nitrogens with zero attached hydrogens (tertiary/aromatic N) is 3. The van der Waals surface area contributed by atoms with Crippen LogP contribution in [0.4, 0.5) is 29.3 Å². The molecule has 2 heterocycles. The number of nitrogens with one attached hydrogen (secondary N) is 2. The van der Waals surface area contributed by atoms with E-state index in [1.165, 1.54) is 4.90 Å². The Kier molecular flexibility index (Phi) is 7.10. The number of aromatic nitrogens is 1. The zero-order valence-electron chi connectivity index (χ0n) is 18.8. The molecule has 12 heteroatoms. The van der Waals surface area contributed by atoms with Crippen LogP contribution < -0.4 is 20.3 Å². The second-order valence-electron chi connectivity index (χ2n) is 7.98. The lowest BCUT2D eigenvalue weighted by Gasteiger charge is -2.27. The number of ether oxygens (including phenoxy) is 1. The summed E-state index contributed by atoms with van der Waals surface area (Å²) in [6.45, 7) is 5.36. The van der Waals surface area contributed by atoms with Crippen molar-refractivity contribution >= 4 is 29.2 Å². The lowest BCUT2D eigenvalue weighted by Crippen LogP contribution is -2.43. The van der Waals surface area contributed by atoms with Gasteiger partial charge in [-0.1, -0.05) is 6.92 Å². The number of hydrogen-bond donors (Lipinski definition) is 2. The quantitative estimate of drug-likeness (QED) is 0.564. The molecule has 1 aliphatic heterocycles. The molecule has 34 heavy (non-hydrogen) atoms. The summed E-state index contributed by atoms with van der Waals surface area (Å²) in [6.07, 6.45) is -1.89. The summed E-state index contributed by atoms with van der Waals surface area (Å²) >= 11 is 0. The number of benzene rings is 1. The average Bonchev–Trinajstić information content (AvgIpc) is 2.93. The second kappa shape index (κ2) is 9.67. The van der Waals surface area contributed by atoms with E-state index in [2.05, 4.69) is 20.4 Å². The monoisotopic (exact) mass is 479 g/mol. The highest BCUT2D eigenvalue weighted by atomic mass is 19.4. The van der Waals surface area contributed by atoms with E-state index in [1.807, 2.05) is 0 Å². The van der Waals surface area contributed by atoms with Crippen LogP contribution in [0.1, 0.15) is 26.3 Å². The third-order valence-corrected chi connectivity index (χ3v) is 5.17. The molecule has 0 atom stereocenters. The van der Waals surface area contributed by atoms with Crippen molar-refractivity contribution in [1.29, 1.82) is 0 Å². The van der Waals surface area contributed by atoms with E-state index in [-0.39, 0.29) is 24.5 Å². The summed E-state index contributed by atoms with van der Waals surface area (Å²) in [5.41, 5.74) is -0.815. The fourth-order valence-corrected chi connectivity index (χ4v) is 3.40. The highest BCUT2D eigenvalue weighted by Crippen LogP contribution is 2.38. The molecular weight excluding hydrogens is 455 g/mol. The van der Waals surface area contributed by atoms with Crippen LogP contribution in [0.2, 0.25) is 0 Å². The molecule has 2 aromatic rings. The SMILES string of the molecule is CCNCC(=O)Nc1cc(N2C(=O)N(Cc3ccncc3)C(C)(C)C2=O)ccc1OC(F)(F)F. The molecule has 1 aromatic heterocycles. The molecule has 4 amide bonds. The van der Waals surface area contributed by atoms with Gasteiger partial charge in [-0.3, -0.25) is 14.6 Å². The summed E-state index contributed by atoms with van der Waals surface area (Å²) in [5, 5.41) is 5.09. The summed E-state index contributed by atoms with van der Waals surface area (Å²) < 4.78 is 42.6. The van der Waals surface area contributed by atoms with E-state index < -0.39 is 35.5 Å². The zero-order valence-corrected chi connectivity index (χ0v) is 18.8. The zero-order chi connectivity index (χ0) is 25.1. The number of anilines is 2. The third kappa shape index (κ3) is 5.45.